The van der Waals surface area contributed by atoms with Gasteiger partial charge in [0.05, 0.1) is 6.04 Å². The Morgan fingerprint density at radius 2 is 2.15 bits per heavy atom. The van der Waals surface area contributed by atoms with Crippen molar-refractivity contribution in [3.8, 4) is 5.75 Å². The second-order valence-corrected chi connectivity index (χ2v) is 7.15. The minimum absolute atomic E-state index is 0.0331. The summed E-state index contributed by atoms with van der Waals surface area (Å²) in [6, 6.07) is 4.25. The molecular formula is C17H17BrF2N2O5. The Bertz CT molecular complexity index is 745. The smallest absolute Gasteiger partial charge is 0.417 e. The third-order valence-corrected chi connectivity index (χ3v) is 5.01. The zero-order chi connectivity index (χ0) is 19.6. The molecule has 0 aromatic heterocycles. The number of carbonyl (C=O) groups is 3. The van der Waals surface area contributed by atoms with Crippen LogP contribution in [0, 0.1) is 0 Å². The molecular weight excluding hydrogens is 430 g/mol. The Hall–Kier alpha value is -2.23. The molecule has 0 radical (unpaired) electrons. The number of imide groups is 1. The van der Waals surface area contributed by atoms with Gasteiger partial charge in [-0.05, 0) is 36.6 Å². The number of benzene rings is 1. The first-order chi connectivity index (χ1) is 12.8. The quantitative estimate of drug-likeness (QED) is 0.670. The van der Waals surface area contributed by atoms with Crippen LogP contribution in [0.3, 0.4) is 0 Å². The van der Waals surface area contributed by atoms with Crippen molar-refractivity contribution in [3.05, 3.63) is 28.2 Å². The van der Waals surface area contributed by atoms with Crippen molar-refractivity contribution in [2.75, 3.05) is 19.7 Å². The van der Waals surface area contributed by atoms with Gasteiger partial charge in [0.15, 0.2) is 6.61 Å². The summed E-state index contributed by atoms with van der Waals surface area (Å²) >= 11 is 3.27. The molecule has 2 saturated heterocycles. The minimum atomic E-state index is -2.95. The lowest BCUT2D eigenvalue weighted by Gasteiger charge is -2.20. The van der Waals surface area contributed by atoms with Gasteiger partial charge in [0.2, 0.25) is 5.91 Å². The van der Waals surface area contributed by atoms with Crippen LogP contribution in [0.2, 0.25) is 0 Å². The summed E-state index contributed by atoms with van der Waals surface area (Å²) < 4.78 is 34.9. The molecule has 0 aliphatic carbocycles. The summed E-state index contributed by atoms with van der Waals surface area (Å²) in [6.07, 6.45) is 0.138. The molecule has 0 N–H and O–H groups in total. The number of halogens is 3. The molecule has 1 atom stereocenters. The van der Waals surface area contributed by atoms with E-state index in [9.17, 15) is 23.2 Å². The van der Waals surface area contributed by atoms with Crippen LogP contribution >= 0.6 is 15.9 Å². The van der Waals surface area contributed by atoms with E-state index in [2.05, 4.69) is 20.7 Å². The molecule has 2 aliphatic rings. The fourth-order valence-corrected chi connectivity index (χ4v) is 3.66. The summed E-state index contributed by atoms with van der Waals surface area (Å²) in [4.78, 5) is 38.4. The summed E-state index contributed by atoms with van der Waals surface area (Å²) in [6.45, 7) is -2.55. The van der Waals surface area contributed by atoms with E-state index < -0.39 is 18.6 Å². The lowest BCUT2D eigenvalue weighted by atomic mass is 10.1. The van der Waals surface area contributed by atoms with E-state index in [-0.39, 0.29) is 43.7 Å². The number of ether oxygens (including phenoxy) is 2. The second kappa shape index (κ2) is 8.20. The maximum absolute atomic E-state index is 12.5. The largest absolute Gasteiger partial charge is 0.439 e. The molecule has 2 aliphatic heterocycles. The van der Waals surface area contributed by atoms with Crippen LogP contribution in [0.1, 0.15) is 18.4 Å². The van der Waals surface area contributed by atoms with Gasteiger partial charge in [-0.1, -0.05) is 15.9 Å². The fourth-order valence-electron chi connectivity index (χ4n) is 3.25. The normalized spacial score (nSPS) is 19.8. The molecule has 27 heavy (non-hydrogen) atoms. The molecule has 10 heteroatoms. The minimum Gasteiger partial charge on any atom is -0.439 e. The van der Waals surface area contributed by atoms with E-state index in [1.807, 2.05) is 0 Å². The van der Waals surface area contributed by atoms with E-state index in [1.54, 1.807) is 17.0 Å². The first-order valence-corrected chi connectivity index (χ1v) is 9.14. The average molecular weight is 447 g/mol. The van der Waals surface area contributed by atoms with Crippen molar-refractivity contribution in [1.29, 1.82) is 0 Å². The Labute approximate surface area is 162 Å². The number of rotatable bonds is 6. The number of amides is 3. The molecule has 2 heterocycles. The highest BCUT2D eigenvalue weighted by Crippen LogP contribution is 2.27. The molecule has 0 bridgehead atoms. The van der Waals surface area contributed by atoms with Crippen LogP contribution in [0.15, 0.2) is 22.7 Å². The summed E-state index contributed by atoms with van der Waals surface area (Å²) in [7, 11) is 0. The molecule has 7 nitrogen and oxygen atoms in total. The van der Waals surface area contributed by atoms with Crippen molar-refractivity contribution >= 4 is 33.8 Å². The zero-order valence-electron chi connectivity index (χ0n) is 14.2. The topological polar surface area (TPSA) is 76.2 Å². The van der Waals surface area contributed by atoms with Gasteiger partial charge >= 0.3 is 12.7 Å². The van der Waals surface area contributed by atoms with Gasteiger partial charge in [-0.3, -0.25) is 9.59 Å². The molecule has 1 aromatic carbocycles. The third-order valence-electron chi connectivity index (χ3n) is 4.51. The van der Waals surface area contributed by atoms with Crippen LogP contribution in [-0.4, -0.2) is 60.1 Å². The lowest BCUT2D eigenvalue weighted by molar-refractivity contribution is -0.131. The number of nitrogens with zero attached hydrogens (tertiary/aromatic N) is 2. The van der Waals surface area contributed by atoms with Crippen LogP contribution < -0.4 is 4.74 Å². The van der Waals surface area contributed by atoms with Crippen LogP contribution in [-0.2, 0) is 20.7 Å². The number of hydrogen-bond donors (Lipinski definition) is 0. The van der Waals surface area contributed by atoms with Crippen molar-refractivity contribution < 1.29 is 32.6 Å². The number of aryl methyl sites for hydroxylation is 1. The van der Waals surface area contributed by atoms with Gasteiger partial charge in [-0.2, -0.15) is 8.78 Å². The van der Waals surface area contributed by atoms with E-state index >= 15 is 0 Å². The van der Waals surface area contributed by atoms with Gasteiger partial charge in [-0.25, -0.2) is 9.69 Å². The highest BCUT2D eigenvalue weighted by atomic mass is 79.9. The first-order valence-electron chi connectivity index (χ1n) is 8.35. The summed E-state index contributed by atoms with van der Waals surface area (Å²) in [5.41, 5.74) is 0.493. The van der Waals surface area contributed by atoms with Gasteiger partial charge in [0.25, 0.3) is 5.91 Å². The van der Waals surface area contributed by atoms with Crippen molar-refractivity contribution in [1.82, 2.24) is 9.80 Å². The SMILES string of the molecule is O=C(CCc1cc(Br)ccc1OC(F)F)N1CC[C@H](N2C(=O)COC2=O)C1. The highest BCUT2D eigenvalue weighted by molar-refractivity contribution is 9.10. The number of likely N-dealkylation sites (tertiary alicyclic amines) is 1. The average Bonchev–Trinajstić information content (AvgIpc) is 3.21. The Morgan fingerprint density at radius 3 is 2.81 bits per heavy atom. The maximum atomic E-state index is 12.5. The molecule has 146 valence electrons. The third kappa shape index (κ3) is 4.55. The van der Waals surface area contributed by atoms with Crippen molar-refractivity contribution in [2.45, 2.75) is 31.9 Å². The molecule has 3 amide bonds. The highest BCUT2D eigenvalue weighted by Gasteiger charge is 2.41. The van der Waals surface area contributed by atoms with Crippen LogP contribution in [0.25, 0.3) is 0 Å². The molecule has 1 aromatic rings. The van der Waals surface area contributed by atoms with E-state index in [0.717, 1.165) is 4.90 Å². The Morgan fingerprint density at radius 1 is 1.37 bits per heavy atom. The van der Waals surface area contributed by atoms with Crippen molar-refractivity contribution in [3.63, 3.8) is 0 Å². The summed E-state index contributed by atoms with van der Waals surface area (Å²) in [5, 5.41) is 0. The number of cyclic esters (lactones) is 1. The number of hydrogen-bond acceptors (Lipinski definition) is 5. The molecule has 2 fully saturated rings. The Kier molecular flexibility index (Phi) is 5.93. The Balaban J connectivity index is 1.58. The number of carbonyl (C=O) groups excluding carboxylic acids is 3. The van der Waals surface area contributed by atoms with Crippen LogP contribution in [0.4, 0.5) is 13.6 Å². The maximum Gasteiger partial charge on any atom is 0.417 e. The lowest BCUT2D eigenvalue weighted by Crippen LogP contribution is -2.42. The van der Waals surface area contributed by atoms with E-state index in [4.69, 9.17) is 4.74 Å². The predicted octanol–water partition coefficient (Wildman–Crippen LogP) is 2.56. The van der Waals surface area contributed by atoms with Gasteiger partial charge in [-0.15, -0.1) is 0 Å². The van der Waals surface area contributed by atoms with Crippen molar-refractivity contribution in [2.24, 2.45) is 0 Å². The molecule has 3 rings (SSSR count). The van der Waals surface area contributed by atoms with E-state index in [0.29, 0.717) is 23.0 Å². The monoisotopic (exact) mass is 446 g/mol. The molecule has 0 unspecified atom stereocenters. The summed E-state index contributed by atoms with van der Waals surface area (Å²) in [5.74, 6) is -0.548. The van der Waals surface area contributed by atoms with E-state index in [1.165, 1.54) is 6.07 Å². The fraction of sp³-hybridized carbons (Fsp3) is 0.471. The van der Waals surface area contributed by atoms with Gasteiger partial charge in [0, 0.05) is 24.0 Å². The molecule has 0 saturated carbocycles. The first kappa shape index (κ1) is 19.5. The standard InChI is InChI=1S/C17H17BrF2N2O5/c18-11-2-3-13(27-16(19)20)10(7-11)1-4-14(23)21-6-5-12(8-21)22-15(24)9-26-17(22)25/h2-3,7,12,16H,1,4-6,8-9H2/t12-/m0/s1. The molecule has 0 spiro atoms. The van der Waals surface area contributed by atoms with Crippen LogP contribution in [0.5, 0.6) is 5.75 Å². The van der Waals surface area contributed by atoms with Gasteiger partial charge in [0.1, 0.15) is 5.75 Å². The second-order valence-electron chi connectivity index (χ2n) is 6.23. The predicted molar refractivity (Wildman–Crippen MR) is 92.3 cm³/mol. The number of alkyl halides is 2. The zero-order valence-corrected chi connectivity index (χ0v) is 15.8. The van der Waals surface area contributed by atoms with Gasteiger partial charge < -0.3 is 14.4 Å².